The topological polar surface area (TPSA) is 49.4 Å². The molecule has 0 saturated carbocycles. The lowest BCUT2D eigenvalue weighted by Gasteiger charge is -2.30. The second-order valence-corrected chi connectivity index (χ2v) is 7.83. The normalized spacial score (nSPS) is 11.7. The molecule has 0 heterocycles. The minimum Gasteiger partial charge on any atom is -0.357 e. The zero-order chi connectivity index (χ0) is 20.4. The monoisotopic (exact) mass is 398 g/mol. The third-order valence-corrected chi connectivity index (χ3v) is 5.72. The minimum absolute atomic E-state index is 0.0171. The molecule has 1 unspecified atom stereocenters. The van der Waals surface area contributed by atoms with Gasteiger partial charge in [-0.05, 0) is 30.9 Å². The standard InChI is InChI=1S/C23H30N2O2S/c1-4-21(23(27)24-3)25(15-14-19-8-6-5-7-9-19)22(26)17-28-16-20-12-10-18(2)11-13-20/h5-13,21H,4,14-17H2,1-3H3,(H,24,27). The molecule has 0 aliphatic carbocycles. The Labute approximate surface area is 172 Å². The summed E-state index contributed by atoms with van der Waals surface area (Å²) in [6.07, 6.45) is 1.34. The zero-order valence-electron chi connectivity index (χ0n) is 17.0. The first-order valence-corrected chi connectivity index (χ1v) is 10.9. The van der Waals surface area contributed by atoms with E-state index in [1.165, 1.54) is 16.7 Å². The van der Waals surface area contributed by atoms with Crippen molar-refractivity contribution in [3.05, 3.63) is 71.3 Å². The first kappa shape index (κ1) is 22.0. The lowest BCUT2D eigenvalue weighted by Crippen LogP contribution is -2.50. The second kappa shape index (κ2) is 11.5. The van der Waals surface area contributed by atoms with Gasteiger partial charge in [0.1, 0.15) is 6.04 Å². The minimum atomic E-state index is -0.429. The molecular formula is C23H30N2O2S. The van der Waals surface area contributed by atoms with Gasteiger partial charge < -0.3 is 10.2 Å². The molecule has 2 aromatic carbocycles. The lowest BCUT2D eigenvalue weighted by molar-refractivity contribution is -0.138. The van der Waals surface area contributed by atoms with E-state index < -0.39 is 6.04 Å². The molecule has 0 radical (unpaired) electrons. The Balaban J connectivity index is 2.00. The average Bonchev–Trinajstić information content (AvgIpc) is 2.72. The van der Waals surface area contributed by atoms with E-state index in [-0.39, 0.29) is 11.8 Å². The van der Waals surface area contributed by atoms with Crippen molar-refractivity contribution >= 4 is 23.6 Å². The van der Waals surface area contributed by atoms with Crippen LogP contribution in [0.1, 0.15) is 30.0 Å². The Morgan fingerprint density at radius 2 is 1.71 bits per heavy atom. The van der Waals surface area contributed by atoms with Crippen molar-refractivity contribution < 1.29 is 9.59 Å². The smallest absolute Gasteiger partial charge is 0.242 e. The molecule has 2 rings (SSSR count). The highest BCUT2D eigenvalue weighted by Crippen LogP contribution is 2.16. The van der Waals surface area contributed by atoms with Crippen LogP contribution in [0.2, 0.25) is 0 Å². The van der Waals surface area contributed by atoms with Crippen molar-refractivity contribution in [2.75, 3.05) is 19.3 Å². The number of thioether (sulfide) groups is 1. The van der Waals surface area contributed by atoms with Gasteiger partial charge in [-0.1, -0.05) is 67.1 Å². The van der Waals surface area contributed by atoms with E-state index in [1.807, 2.05) is 25.1 Å². The third kappa shape index (κ3) is 6.71. The number of carbonyl (C=O) groups is 2. The molecule has 0 saturated heterocycles. The van der Waals surface area contributed by atoms with Crippen LogP contribution in [0.4, 0.5) is 0 Å². The van der Waals surface area contributed by atoms with Crippen LogP contribution in [0.5, 0.6) is 0 Å². The van der Waals surface area contributed by atoms with Gasteiger partial charge in [0, 0.05) is 19.3 Å². The van der Waals surface area contributed by atoms with Crippen molar-refractivity contribution in [3.8, 4) is 0 Å². The van der Waals surface area contributed by atoms with Crippen LogP contribution < -0.4 is 5.32 Å². The van der Waals surface area contributed by atoms with Crippen LogP contribution in [0, 0.1) is 6.92 Å². The van der Waals surface area contributed by atoms with Gasteiger partial charge in [0.25, 0.3) is 0 Å². The molecule has 1 atom stereocenters. The summed E-state index contributed by atoms with van der Waals surface area (Å²) >= 11 is 1.59. The number of rotatable bonds is 10. The Bertz CT molecular complexity index is 747. The molecule has 0 aliphatic rings. The van der Waals surface area contributed by atoms with Gasteiger partial charge >= 0.3 is 0 Å². The SMILES string of the molecule is CCC(C(=O)NC)N(CCc1ccccc1)C(=O)CSCc1ccc(C)cc1. The molecule has 0 bridgehead atoms. The number of nitrogens with zero attached hydrogens (tertiary/aromatic N) is 1. The molecule has 5 heteroatoms. The fraction of sp³-hybridized carbons (Fsp3) is 0.391. The molecule has 150 valence electrons. The Morgan fingerprint density at radius 1 is 1.04 bits per heavy atom. The first-order valence-electron chi connectivity index (χ1n) is 9.73. The molecule has 28 heavy (non-hydrogen) atoms. The van der Waals surface area contributed by atoms with Gasteiger partial charge in [-0.15, -0.1) is 11.8 Å². The maximum atomic E-state index is 13.0. The molecule has 0 fully saturated rings. The summed E-state index contributed by atoms with van der Waals surface area (Å²) in [6.45, 7) is 4.55. The summed E-state index contributed by atoms with van der Waals surface area (Å²) in [5.74, 6) is 1.07. The maximum absolute atomic E-state index is 13.0. The highest BCUT2D eigenvalue weighted by Gasteiger charge is 2.27. The predicted octanol–water partition coefficient (Wildman–Crippen LogP) is 3.82. The van der Waals surface area contributed by atoms with Gasteiger partial charge in [-0.2, -0.15) is 0 Å². The lowest BCUT2D eigenvalue weighted by atomic mass is 10.1. The van der Waals surface area contributed by atoms with Crippen molar-refractivity contribution in [3.63, 3.8) is 0 Å². The molecule has 0 spiro atoms. The zero-order valence-corrected chi connectivity index (χ0v) is 17.8. The fourth-order valence-electron chi connectivity index (χ4n) is 3.09. The number of nitrogens with one attached hydrogen (secondary N) is 1. The number of benzene rings is 2. The quantitative estimate of drug-likeness (QED) is 0.662. The summed E-state index contributed by atoms with van der Waals surface area (Å²) in [5, 5.41) is 2.70. The van der Waals surface area contributed by atoms with Crippen molar-refractivity contribution in [2.24, 2.45) is 0 Å². The number of amides is 2. The highest BCUT2D eigenvalue weighted by molar-refractivity contribution is 7.99. The number of aryl methyl sites for hydroxylation is 1. The van der Waals surface area contributed by atoms with E-state index in [4.69, 9.17) is 0 Å². The maximum Gasteiger partial charge on any atom is 0.242 e. The second-order valence-electron chi connectivity index (χ2n) is 6.84. The van der Waals surface area contributed by atoms with E-state index in [0.29, 0.717) is 18.7 Å². The van der Waals surface area contributed by atoms with Gasteiger partial charge in [0.2, 0.25) is 11.8 Å². The summed E-state index contributed by atoms with van der Waals surface area (Å²) in [6, 6.07) is 18.0. The van der Waals surface area contributed by atoms with Gasteiger partial charge in [-0.25, -0.2) is 0 Å². The van der Waals surface area contributed by atoms with Crippen molar-refractivity contribution in [1.82, 2.24) is 10.2 Å². The third-order valence-electron chi connectivity index (χ3n) is 4.73. The summed E-state index contributed by atoms with van der Waals surface area (Å²) in [5.41, 5.74) is 3.60. The van der Waals surface area contributed by atoms with Crippen LogP contribution in [-0.4, -0.2) is 42.1 Å². The van der Waals surface area contributed by atoms with Crippen LogP contribution in [0.15, 0.2) is 54.6 Å². The van der Waals surface area contributed by atoms with Crippen LogP contribution in [0.25, 0.3) is 0 Å². The van der Waals surface area contributed by atoms with Crippen LogP contribution in [-0.2, 0) is 21.8 Å². The van der Waals surface area contributed by atoms with E-state index in [2.05, 4.69) is 48.6 Å². The summed E-state index contributed by atoms with van der Waals surface area (Å²) in [4.78, 5) is 27.0. The van der Waals surface area contributed by atoms with Crippen molar-refractivity contribution in [1.29, 1.82) is 0 Å². The Hall–Kier alpha value is -2.27. The highest BCUT2D eigenvalue weighted by atomic mass is 32.2. The van der Waals surface area contributed by atoms with Gasteiger partial charge in [0.15, 0.2) is 0 Å². The molecule has 2 aromatic rings. The van der Waals surface area contributed by atoms with Crippen molar-refractivity contribution in [2.45, 2.75) is 38.5 Å². The Morgan fingerprint density at radius 3 is 2.32 bits per heavy atom. The Kier molecular flexibility index (Phi) is 9.08. The fourth-order valence-corrected chi connectivity index (χ4v) is 3.96. The first-order chi connectivity index (χ1) is 13.5. The van der Waals surface area contributed by atoms with Crippen LogP contribution >= 0.6 is 11.8 Å². The number of carbonyl (C=O) groups excluding carboxylic acids is 2. The molecule has 1 N–H and O–H groups in total. The molecule has 0 aromatic heterocycles. The average molecular weight is 399 g/mol. The molecular weight excluding hydrogens is 368 g/mol. The van der Waals surface area contributed by atoms with Gasteiger partial charge in [0.05, 0.1) is 5.75 Å². The summed E-state index contributed by atoms with van der Waals surface area (Å²) in [7, 11) is 1.62. The number of hydrogen-bond donors (Lipinski definition) is 1. The van der Waals surface area contributed by atoms with Crippen LogP contribution in [0.3, 0.4) is 0 Å². The van der Waals surface area contributed by atoms with E-state index >= 15 is 0 Å². The number of likely N-dealkylation sites (N-methyl/N-ethyl adjacent to an activating group) is 1. The predicted molar refractivity (Wildman–Crippen MR) is 117 cm³/mol. The summed E-state index contributed by atoms with van der Waals surface area (Å²) < 4.78 is 0. The molecule has 2 amide bonds. The molecule has 0 aliphatic heterocycles. The van der Waals surface area contributed by atoms with Gasteiger partial charge in [-0.3, -0.25) is 9.59 Å². The van der Waals surface area contributed by atoms with E-state index in [1.54, 1.807) is 23.7 Å². The van der Waals surface area contributed by atoms with E-state index in [0.717, 1.165) is 12.2 Å². The number of hydrogen-bond acceptors (Lipinski definition) is 3. The van der Waals surface area contributed by atoms with E-state index in [9.17, 15) is 9.59 Å². The largest absolute Gasteiger partial charge is 0.357 e. The molecule has 4 nitrogen and oxygen atoms in total.